The average Bonchev–Trinajstić information content (AvgIpc) is 2.77. The molecule has 0 bridgehead atoms. The summed E-state index contributed by atoms with van der Waals surface area (Å²) in [6, 6.07) is 1.80. The molecule has 0 aromatic carbocycles. The molecule has 13 heavy (non-hydrogen) atoms. The van der Waals surface area contributed by atoms with Gasteiger partial charge in [0.1, 0.15) is 0 Å². The smallest absolute Gasteiger partial charge is 0.195 e. The molecule has 2 heterocycles. The molecular weight excluding hydrogens is 184 g/mol. The Morgan fingerprint density at radius 1 is 1.38 bits per heavy atom. The van der Waals surface area contributed by atoms with Crippen molar-refractivity contribution in [3.63, 3.8) is 0 Å². The lowest BCUT2D eigenvalue weighted by Gasteiger charge is -1.82. The molecule has 0 aliphatic heterocycles. The Balaban J connectivity index is 0.000000396. The highest BCUT2D eigenvalue weighted by Crippen LogP contribution is 2.22. The third-order valence-electron chi connectivity index (χ3n) is 1.27. The fourth-order valence-corrected chi connectivity index (χ4v) is 1.55. The largest absolute Gasteiger partial charge is 0.354 e. The molecule has 4 heteroatoms. The van der Waals surface area contributed by atoms with E-state index in [2.05, 4.69) is 10.1 Å². The first-order valence-electron chi connectivity index (χ1n) is 4.19. The van der Waals surface area contributed by atoms with Gasteiger partial charge in [-0.25, -0.2) is 4.98 Å². The molecule has 2 aromatic rings. The van der Waals surface area contributed by atoms with Crippen LogP contribution in [0, 0.1) is 6.92 Å². The van der Waals surface area contributed by atoms with Crippen LogP contribution in [0.4, 0.5) is 0 Å². The first kappa shape index (κ1) is 9.92. The molecule has 0 N–H and O–H groups in total. The molecule has 0 aliphatic carbocycles. The van der Waals surface area contributed by atoms with E-state index in [0.29, 0.717) is 0 Å². The molecule has 0 aliphatic rings. The van der Waals surface area contributed by atoms with Crippen LogP contribution >= 0.6 is 11.3 Å². The maximum atomic E-state index is 4.93. The summed E-state index contributed by atoms with van der Waals surface area (Å²) >= 11 is 1.56. The van der Waals surface area contributed by atoms with E-state index >= 15 is 0 Å². The van der Waals surface area contributed by atoms with Crippen molar-refractivity contribution < 1.29 is 4.52 Å². The number of thiazole rings is 1. The summed E-state index contributed by atoms with van der Waals surface area (Å²) in [4.78, 5) is 4.24. The fraction of sp³-hybridized carbons (Fsp3) is 0.333. The van der Waals surface area contributed by atoms with Gasteiger partial charge in [0.2, 0.25) is 0 Å². The second-order valence-electron chi connectivity index (χ2n) is 2.17. The van der Waals surface area contributed by atoms with Gasteiger partial charge in [-0.2, -0.15) is 0 Å². The Morgan fingerprint density at radius 3 is 2.62 bits per heavy atom. The molecule has 0 saturated carbocycles. The SMILES string of the molecule is CC.Cc1csc(-c2ccno2)n1. The quantitative estimate of drug-likeness (QED) is 0.703. The summed E-state index contributed by atoms with van der Waals surface area (Å²) in [7, 11) is 0. The van der Waals surface area contributed by atoms with Crippen LogP contribution in [-0.4, -0.2) is 10.1 Å². The van der Waals surface area contributed by atoms with E-state index in [4.69, 9.17) is 4.52 Å². The highest BCUT2D eigenvalue weighted by molar-refractivity contribution is 7.13. The normalized spacial score (nSPS) is 9.15. The van der Waals surface area contributed by atoms with Crippen molar-refractivity contribution in [3.05, 3.63) is 23.3 Å². The van der Waals surface area contributed by atoms with Crippen molar-refractivity contribution >= 4 is 11.3 Å². The van der Waals surface area contributed by atoms with Gasteiger partial charge in [0.15, 0.2) is 10.8 Å². The maximum absolute atomic E-state index is 4.93. The van der Waals surface area contributed by atoms with Crippen molar-refractivity contribution in [1.29, 1.82) is 0 Å². The van der Waals surface area contributed by atoms with Gasteiger partial charge in [0, 0.05) is 17.1 Å². The summed E-state index contributed by atoms with van der Waals surface area (Å²) < 4.78 is 4.93. The molecular formula is C9H12N2OS. The zero-order chi connectivity index (χ0) is 9.68. The van der Waals surface area contributed by atoms with Crippen LogP contribution in [0.25, 0.3) is 10.8 Å². The van der Waals surface area contributed by atoms with E-state index in [0.717, 1.165) is 16.5 Å². The third kappa shape index (κ3) is 2.39. The maximum Gasteiger partial charge on any atom is 0.195 e. The summed E-state index contributed by atoms with van der Waals surface area (Å²) in [6.45, 7) is 5.95. The molecule has 0 amide bonds. The Kier molecular flexibility index (Phi) is 3.64. The number of hydrogen-bond donors (Lipinski definition) is 0. The van der Waals surface area contributed by atoms with Crippen molar-refractivity contribution in [2.75, 3.05) is 0 Å². The number of nitrogens with zero attached hydrogens (tertiary/aromatic N) is 2. The fourth-order valence-electron chi connectivity index (χ4n) is 0.793. The van der Waals surface area contributed by atoms with Gasteiger partial charge in [-0.15, -0.1) is 11.3 Å². The lowest BCUT2D eigenvalue weighted by atomic mass is 10.5. The van der Waals surface area contributed by atoms with Crippen LogP contribution in [0.3, 0.4) is 0 Å². The first-order valence-corrected chi connectivity index (χ1v) is 5.07. The van der Waals surface area contributed by atoms with Crippen LogP contribution in [0.2, 0.25) is 0 Å². The topological polar surface area (TPSA) is 38.9 Å². The van der Waals surface area contributed by atoms with Crippen molar-refractivity contribution in [1.82, 2.24) is 10.1 Å². The van der Waals surface area contributed by atoms with Crippen molar-refractivity contribution in [3.8, 4) is 10.8 Å². The molecule has 0 unspecified atom stereocenters. The zero-order valence-corrected chi connectivity index (χ0v) is 8.76. The zero-order valence-electron chi connectivity index (χ0n) is 7.94. The van der Waals surface area contributed by atoms with E-state index in [1.165, 1.54) is 0 Å². The molecule has 2 rings (SSSR count). The molecule has 0 fully saturated rings. The summed E-state index contributed by atoms with van der Waals surface area (Å²) in [5, 5.41) is 6.47. The van der Waals surface area contributed by atoms with E-state index < -0.39 is 0 Å². The second kappa shape index (κ2) is 4.77. The predicted molar refractivity (Wildman–Crippen MR) is 53.7 cm³/mol. The van der Waals surface area contributed by atoms with Gasteiger partial charge in [-0.3, -0.25) is 0 Å². The molecule has 0 radical (unpaired) electrons. The highest BCUT2D eigenvalue weighted by atomic mass is 32.1. The van der Waals surface area contributed by atoms with Gasteiger partial charge < -0.3 is 4.52 Å². The monoisotopic (exact) mass is 196 g/mol. The van der Waals surface area contributed by atoms with E-state index in [9.17, 15) is 0 Å². The van der Waals surface area contributed by atoms with Crippen molar-refractivity contribution in [2.45, 2.75) is 20.8 Å². The molecule has 0 atom stereocenters. The Morgan fingerprint density at radius 2 is 2.15 bits per heavy atom. The van der Waals surface area contributed by atoms with Crippen LogP contribution in [0.15, 0.2) is 22.2 Å². The average molecular weight is 196 g/mol. The number of rotatable bonds is 1. The number of hydrogen-bond acceptors (Lipinski definition) is 4. The van der Waals surface area contributed by atoms with Gasteiger partial charge in [-0.1, -0.05) is 19.0 Å². The minimum absolute atomic E-state index is 0.739. The van der Waals surface area contributed by atoms with Gasteiger partial charge >= 0.3 is 0 Å². The van der Waals surface area contributed by atoms with E-state index in [-0.39, 0.29) is 0 Å². The summed E-state index contributed by atoms with van der Waals surface area (Å²) in [6.07, 6.45) is 1.62. The lowest BCUT2D eigenvalue weighted by molar-refractivity contribution is 0.432. The molecule has 0 saturated heterocycles. The molecule has 0 spiro atoms. The van der Waals surface area contributed by atoms with Crippen LogP contribution in [0.1, 0.15) is 19.5 Å². The standard InChI is InChI=1S/C7H6N2OS.C2H6/c1-5-4-11-7(9-5)6-2-3-8-10-6;1-2/h2-4H,1H3;1-2H3. The van der Waals surface area contributed by atoms with Crippen LogP contribution in [0.5, 0.6) is 0 Å². The minimum atomic E-state index is 0.739. The first-order chi connectivity index (χ1) is 6.36. The summed E-state index contributed by atoms with van der Waals surface area (Å²) in [5.74, 6) is 0.739. The van der Waals surface area contributed by atoms with Gasteiger partial charge in [0.05, 0.1) is 6.20 Å². The second-order valence-corrected chi connectivity index (χ2v) is 3.03. The highest BCUT2D eigenvalue weighted by Gasteiger charge is 2.04. The van der Waals surface area contributed by atoms with E-state index in [1.54, 1.807) is 23.6 Å². The van der Waals surface area contributed by atoms with Crippen LogP contribution < -0.4 is 0 Å². The molecule has 3 nitrogen and oxygen atoms in total. The number of aromatic nitrogens is 2. The Bertz CT molecular complexity index is 340. The molecule has 70 valence electrons. The van der Waals surface area contributed by atoms with Crippen molar-refractivity contribution in [2.24, 2.45) is 0 Å². The number of aryl methyl sites for hydroxylation is 1. The Labute approximate surface area is 81.4 Å². The molecule has 2 aromatic heterocycles. The minimum Gasteiger partial charge on any atom is -0.354 e. The van der Waals surface area contributed by atoms with E-state index in [1.807, 2.05) is 26.2 Å². The van der Waals surface area contributed by atoms with Gasteiger partial charge in [-0.05, 0) is 6.92 Å². The predicted octanol–water partition coefficient (Wildman–Crippen LogP) is 3.13. The van der Waals surface area contributed by atoms with Gasteiger partial charge in [0.25, 0.3) is 0 Å². The van der Waals surface area contributed by atoms with Crippen LogP contribution in [-0.2, 0) is 0 Å². The summed E-state index contributed by atoms with van der Waals surface area (Å²) in [5.41, 5.74) is 1.02. The lowest BCUT2D eigenvalue weighted by Crippen LogP contribution is -1.71. The Hall–Kier alpha value is -1.16. The third-order valence-corrected chi connectivity index (χ3v) is 2.24.